The summed E-state index contributed by atoms with van der Waals surface area (Å²) >= 11 is 0. The number of anilines is 1. The molecule has 0 amide bonds. The van der Waals surface area contributed by atoms with Crippen LogP contribution in [0.15, 0.2) is 103 Å². The summed E-state index contributed by atoms with van der Waals surface area (Å²) < 4.78 is 0. The topological polar surface area (TPSA) is 48.5 Å². The average Bonchev–Trinajstić information content (AvgIpc) is 3.42. The molecule has 4 heteroatoms. The summed E-state index contributed by atoms with van der Waals surface area (Å²) in [7, 11) is 0. The highest BCUT2D eigenvalue weighted by molar-refractivity contribution is 6.00. The Morgan fingerprint density at radius 2 is 1.70 bits per heavy atom. The first-order chi connectivity index (χ1) is 17.9. The van der Waals surface area contributed by atoms with E-state index in [-0.39, 0.29) is 12.1 Å². The zero-order chi connectivity index (χ0) is 26.2. The fourth-order valence-electron chi connectivity index (χ4n) is 4.60. The van der Waals surface area contributed by atoms with Crippen LogP contribution >= 0.6 is 0 Å². The lowest BCUT2D eigenvalue weighted by atomic mass is 9.91. The summed E-state index contributed by atoms with van der Waals surface area (Å²) in [5.41, 5.74) is 8.03. The molecular formula is C33H40N4. The fourth-order valence-corrected chi connectivity index (χ4v) is 4.60. The van der Waals surface area contributed by atoms with Crippen LogP contribution in [0.1, 0.15) is 68.0 Å². The van der Waals surface area contributed by atoms with E-state index in [1.54, 1.807) is 0 Å². The van der Waals surface area contributed by atoms with Crippen LogP contribution in [0.5, 0.6) is 0 Å². The van der Waals surface area contributed by atoms with Crippen molar-refractivity contribution in [2.24, 2.45) is 10.9 Å². The average molecular weight is 493 g/mol. The maximum atomic E-state index is 4.78. The molecule has 4 nitrogen and oxygen atoms in total. The van der Waals surface area contributed by atoms with Gasteiger partial charge in [-0.15, -0.1) is 6.58 Å². The third-order valence-electron chi connectivity index (χ3n) is 7.15. The van der Waals surface area contributed by atoms with Crippen molar-refractivity contribution in [3.8, 4) is 0 Å². The Kier molecular flexibility index (Phi) is 8.84. The van der Waals surface area contributed by atoms with Gasteiger partial charge in [-0.05, 0) is 48.1 Å². The Hall–Kier alpha value is -3.79. The third kappa shape index (κ3) is 6.91. The summed E-state index contributed by atoms with van der Waals surface area (Å²) in [6, 6.07) is 28.4. The fraction of sp³-hybridized carbons (Fsp3) is 0.303. The quantitative estimate of drug-likeness (QED) is 0.229. The molecule has 3 unspecified atom stereocenters. The molecule has 1 aliphatic rings. The van der Waals surface area contributed by atoms with Gasteiger partial charge in [0, 0.05) is 23.5 Å². The number of nitrogens with one attached hydrogen (secondary N) is 3. The van der Waals surface area contributed by atoms with Crippen molar-refractivity contribution in [2.45, 2.75) is 45.7 Å². The second-order valence-electron chi connectivity index (χ2n) is 10.1. The molecule has 4 rings (SSSR count). The van der Waals surface area contributed by atoms with Crippen molar-refractivity contribution < 1.29 is 0 Å². The van der Waals surface area contributed by atoms with Gasteiger partial charge in [-0.25, -0.2) is 0 Å². The zero-order valence-corrected chi connectivity index (χ0v) is 22.4. The van der Waals surface area contributed by atoms with Crippen molar-refractivity contribution in [1.82, 2.24) is 10.6 Å². The minimum absolute atomic E-state index is 0.220. The lowest BCUT2D eigenvalue weighted by Gasteiger charge is -2.26. The monoisotopic (exact) mass is 492 g/mol. The molecule has 0 aromatic heterocycles. The van der Waals surface area contributed by atoms with E-state index in [0.717, 1.165) is 54.3 Å². The maximum Gasteiger partial charge on any atom is 0.128 e. The van der Waals surface area contributed by atoms with Crippen molar-refractivity contribution >= 4 is 17.2 Å². The molecule has 0 saturated carbocycles. The van der Waals surface area contributed by atoms with Crippen LogP contribution in [0.25, 0.3) is 5.70 Å². The van der Waals surface area contributed by atoms with Gasteiger partial charge in [-0.2, -0.15) is 0 Å². The highest BCUT2D eigenvalue weighted by Gasteiger charge is 2.22. The molecule has 3 aromatic rings. The molecule has 3 atom stereocenters. The Labute approximate surface area is 222 Å². The molecule has 0 fully saturated rings. The minimum Gasteiger partial charge on any atom is -0.385 e. The molecule has 37 heavy (non-hydrogen) atoms. The van der Waals surface area contributed by atoms with E-state index >= 15 is 0 Å². The molecule has 0 radical (unpaired) electrons. The van der Waals surface area contributed by atoms with Gasteiger partial charge in [0.15, 0.2) is 0 Å². The highest BCUT2D eigenvalue weighted by atomic mass is 15.1. The lowest BCUT2D eigenvalue weighted by molar-refractivity contribution is 0.482. The van der Waals surface area contributed by atoms with Gasteiger partial charge in [-0.3, -0.25) is 4.99 Å². The standard InChI is InChI=1S/C33H40N4/c1-6-24(4)32(36-30-18-16-26(17-19-30)25(5)34-21-20-23(2)3)28-12-14-29(15-13-28)33-35-22-31(37-33)27-10-8-7-9-11-27/h7-19,24,31-32,34,36H,2,5-6,20-22H2,1,3-4H3,(H,35,37). The molecular weight excluding hydrogens is 452 g/mol. The van der Waals surface area contributed by atoms with Gasteiger partial charge in [0.05, 0.1) is 18.6 Å². The maximum absolute atomic E-state index is 4.78. The summed E-state index contributed by atoms with van der Waals surface area (Å²) in [5, 5.41) is 10.8. The Morgan fingerprint density at radius 1 is 1.00 bits per heavy atom. The second kappa shape index (κ2) is 12.4. The van der Waals surface area contributed by atoms with E-state index in [9.17, 15) is 0 Å². The van der Waals surface area contributed by atoms with Gasteiger partial charge in [0.1, 0.15) is 5.84 Å². The predicted octanol–water partition coefficient (Wildman–Crippen LogP) is 7.50. The van der Waals surface area contributed by atoms with Crippen molar-refractivity contribution in [3.63, 3.8) is 0 Å². The smallest absolute Gasteiger partial charge is 0.128 e. The van der Waals surface area contributed by atoms with E-state index in [1.807, 2.05) is 6.92 Å². The first-order valence-corrected chi connectivity index (χ1v) is 13.3. The minimum atomic E-state index is 0.220. The van der Waals surface area contributed by atoms with Crippen LogP contribution in [0.4, 0.5) is 5.69 Å². The molecule has 0 saturated heterocycles. The molecule has 0 aliphatic carbocycles. The van der Waals surface area contributed by atoms with Gasteiger partial charge >= 0.3 is 0 Å². The van der Waals surface area contributed by atoms with Crippen molar-refractivity contribution in [2.75, 3.05) is 18.4 Å². The Balaban J connectivity index is 1.41. The molecule has 3 aromatic carbocycles. The normalized spacial score (nSPS) is 16.3. The molecule has 1 heterocycles. The number of aliphatic imine (C=N–C) groups is 1. The van der Waals surface area contributed by atoms with Gasteiger partial charge in [0.2, 0.25) is 0 Å². The number of amidine groups is 1. The molecule has 192 valence electrons. The van der Waals surface area contributed by atoms with Crippen LogP contribution in [-0.4, -0.2) is 18.9 Å². The van der Waals surface area contributed by atoms with E-state index in [0.29, 0.717) is 5.92 Å². The summed E-state index contributed by atoms with van der Waals surface area (Å²) in [6.45, 7) is 16.4. The first kappa shape index (κ1) is 26.3. The number of benzene rings is 3. The SMILES string of the molecule is C=C(C)CCNC(=C)c1ccc(NC(c2ccc(C3=NCC(c4ccccc4)N3)cc2)C(C)CC)cc1. The van der Waals surface area contributed by atoms with Crippen molar-refractivity contribution in [1.29, 1.82) is 0 Å². The summed E-state index contributed by atoms with van der Waals surface area (Å²) in [5.74, 6) is 1.45. The third-order valence-corrected chi connectivity index (χ3v) is 7.15. The van der Waals surface area contributed by atoms with E-state index < -0.39 is 0 Å². The summed E-state index contributed by atoms with van der Waals surface area (Å²) in [4.78, 5) is 4.78. The largest absolute Gasteiger partial charge is 0.385 e. The number of nitrogens with zero attached hydrogens (tertiary/aromatic N) is 1. The van der Waals surface area contributed by atoms with Gasteiger partial charge in [0.25, 0.3) is 0 Å². The molecule has 0 spiro atoms. The zero-order valence-electron chi connectivity index (χ0n) is 22.4. The number of hydrogen-bond acceptors (Lipinski definition) is 4. The molecule has 1 aliphatic heterocycles. The molecule has 3 N–H and O–H groups in total. The van der Waals surface area contributed by atoms with Crippen LogP contribution < -0.4 is 16.0 Å². The summed E-state index contributed by atoms with van der Waals surface area (Å²) in [6.07, 6.45) is 2.04. The number of hydrogen-bond donors (Lipinski definition) is 3. The van der Waals surface area contributed by atoms with E-state index in [4.69, 9.17) is 4.99 Å². The lowest BCUT2D eigenvalue weighted by Crippen LogP contribution is -2.24. The van der Waals surface area contributed by atoms with Crippen LogP contribution in [0.3, 0.4) is 0 Å². The Bertz CT molecular complexity index is 1210. The number of rotatable bonds is 12. The van der Waals surface area contributed by atoms with Crippen molar-refractivity contribution in [3.05, 3.63) is 120 Å². The van der Waals surface area contributed by atoms with E-state index in [1.165, 1.54) is 16.7 Å². The second-order valence-corrected chi connectivity index (χ2v) is 10.1. The van der Waals surface area contributed by atoms with Crippen LogP contribution in [0.2, 0.25) is 0 Å². The first-order valence-electron chi connectivity index (χ1n) is 13.3. The highest BCUT2D eigenvalue weighted by Crippen LogP contribution is 2.30. The Morgan fingerprint density at radius 3 is 2.35 bits per heavy atom. The van der Waals surface area contributed by atoms with Gasteiger partial charge in [-0.1, -0.05) is 99.2 Å². The predicted molar refractivity (Wildman–Crippen MR) is 159 cm³/mol. The molecule has 0 bridgehead atoms. The van der Waals surface area contributed by atoms with Crippen LogP contribution in [0, 0.1) is 5.92 Å². The van der Waals surface area contributed by atoms with E-state index in [2.05, 4.69) is 122 Å². The van der Waals surface area contributed by atoms with Crippen LogP contribution in [-0.2, 0) is 0 Å². The van der Waals surface area contributed by atoms with Gasteiger partial charge < -0.3 is 16.0 Å².